The third-order valence-electron chi connectivity index (χ3n) is 4.93. The van der Waals surface area contributed by atoms with Crippen molar-refractivity contribution >= 4 is 21.8 Å². The van der Waals surface area contributed by atoms with Crippen LogP contribution in [0, 0.1) is 5.92 Å². The first-order valence-corrected chi connectivity index (χ1v) is 11.9. The first-order valence-electron chi connectivity index (χ1n) is 10.4. The Labute approximate surface area is 184 Å². The Morgan fingerprint density at radius 2 is 1.81 bits per heavy atom. The molecule has 0 aliphatic rings. The van der Waals surface area contributed by atoms with Crippen LogP contribution in [0.1, 0.15) is 43.8 Å². The van der Waals surface area contributed by atoms with Gasteiger partial charge in [0.25, 0.3) is 5.91 Å². The van der Waals surface area contributed by atoms with Crippen molar-refractivity contribution in [1.29, 1.82) is 0 Å². The normalized spacial score (nSPS) is 12.7. The SMILES string of the molecule is CCN(CC)S(=O)(=O)c1cccc(C(=O)N[C@H](C(=O)NCCc2ccco2)C(C)C)c1. The van der Waals surface area contributed by atoms with Crippen LogP contribution in [0.4, 0.5) is 0 Å². The second-order valence-corrected chi connectivity index (χ2v) is 9.37. The first-order chi connectivity index (χ1) is 14.7. The van der Waals surface area contributed by atoms with E-state index < -0.39 is 22.0 Å². The van der Waals surface area contributed by atoms with Crippen LogP contribution in [0.3, 0.4) is 0 Å². The molecular formula is C22H31N3O5S. The molecule has 0 bridgehead atoms. The van der Waals surface area contributed by atoms with Gasteiger partial charge in [-0.05, 0) is 36.2 Å². The van der Waals surface area contributed by atoms with Crippen LogP contribution in [0.25, 0.3) is 0 Å². The van der Waals surface area contributed by atoms with Crippen molar-refractivity contribution in [3.05, 3.63) is 54.0 Å². The molecule has 1 atom stereocenters. The minimum Gasteiger partial charge on any atom is -0.469 e. The fourth-order valence-electron chi connectivity index (χ4n) is 3.14. The molecule has 0 saturated heterocycles. The number of benzene rings is 1. The Morgan fingerprint density at radius 1 is 1.10 bits per heavy atom. The van der Waals surface area contributed by atoms with Crippen molar-refractivity contribution < 1.29 is 22.4 Å². The Morgan fingerprint density at radius 3 is 2.39 bits per heavy atom. The topological polar surface area (TPSA) is 109 Å². The summed E-state index contributed by atoms with van der Waals surface area (Å²) >= 11 is 0. The largest absolute Gasteiger partial charge is 0.469 e. The highest BCUT2D eigenvalue weighted by molar-refractivity contribution is 7.89. The molecule has 1 aromatic heterocycles. The lowest BCUT2D eigenvalue weighted by molar-refractivity contribution is -0.123. The lowest BCUT2D eigenvalue weighted by Gasteiger charge is -2.22. The molecule has 0 saturated carbocycles. The standard InChI is InChI=1S/C22H31N3O5S/c1-5-25(6-2)31(28,29)19-11-7-9-17(15-19)21(26)24-20(16(3)4)22(27)23-13-12-18-10-8-14-30-18/h7-11,14-16,20H,5-6,12-13H2,1-4H3,(H,23,27)(H,24,26)/t20-/m0/s1. The molecular weight excluding hydrogens is 418 g/mol. The zero-order valence-electron chi connectivity index (χ0n) is 18.4. The number of furan rings is 1. The number of hydrogen-bond acceptors (Lipinski definition) is 5. The number of nitrogens with one attached hydrogen (secondary N) is 2. The van der Waals surface area contributed by atoms with Gasteiger partial charge in [0.2, 0.25) is 15.9 Å². The van der Waals surface area contributed by atoms with Crippen LogP contribution in [-0.2, 0) is 21.2 Å². The smallest absolute Gasteiger partial charge is 0.251 e. The highest BCUT2D eigenvalue weighted by Crippen LogP contribution is 2.17. The number of hydrogen-bond donors (Lipinski definition) is 2. The van der Waals surface area contributed by atoms with Crippen molar-refractivity contribution in [3.8, 4) is 0 Å². The molecule has 8 nitrogen and oxygen atoms in total. The minimum atomic E-state index is -3.69. The molecule has 31 heavy (non-hydrogen) atoms. The van der Waals surface area contributed by atoms with Gasteiger partial charge in [0.1, 0.15) is 11.8 Å². The van der Waals surface area contributed by atoms with Crippen LogP contribution < -0.4 is 10.6 Å². The maximum absolute atomic E-state index is 12.8. The maximum atomic E-state index is 12.8. The van der Waals surface area contributed by atoms with Crippen LogP contribution in [-0.4, -0.2) is 50.2 Å². The highest BCUT2D eigenvalue weighted by Gasteiger charge is 2.26. The van der Waals surface area contributed by atoms with Crippen LogP contribution in [0.15, 0.2) is 52.0 Å². The summed E-state index contributed by atoms with van der Waals surface area (Å²) in [5, 5.41) is 5.54. The summed E-state index contributed by atoms with van der Waals surface area (Å²) in [5.41, 5.74) is 0.183. The molecule has 2 amide bonds. The molecule has 1 aromatic carbocycles. The highest BCUT2D eigenvalue weighted by atomic mass is 32.2. The molecule has 0 radical (unpaired) electrons. The molecule has 1 heterocycles. The zero-order chi connectivity index (χ0) is 23.0. The molecule has 2 N–H and O–H groups in total. The average molecular weight is 450 g/mol. The van der Waals surface area contributed by atoms with E-state index >= 15 is 0 Å². The molecule has 0 aliphatic heterocycles. The van der Waals surface area contributed by atoms with E-state index in [9.17, 15) is 18.0 Å². The summed E-state index contributed by atoms with van der Waals surface area (Å²) in [6, 6.07) is 8.71. The second-order valence-electron chi connectivity index (χ2n) is 7.43. The quantitative estimate of drug-likeness (QED) is 0.548. The predicted octanol–water partition coefficient (Wildman–Crippen LogP) is 2.42. The van der Waals surface area contributed by atoms with Gasteiger partial charge in [-0.25, -0.2) is 8.42 Å². The summed E-state index contributed by atoms with van der Waals surface area (Å²) in [5.74, 6) is -0.204. The van der Waals surface area contributed by atoms with Crippen molar-refractivity contribution in [3.63, 3.8) is 0 Å². The van der Waals surface area contributed by atoms with Crippen molar-refractivity contribution in [1.82, 2.24) is 14.9 Å². The fourth-order valence-corrected chi connectivity index (χ4v) is 4.65. The van der Waals surface area contributed by atoms with E-state index in [4.69, 9.17) is 4.42 Å². The van der Waals surface area contributed by atoms with E-state index in [0.717, 1.165) is 5.76 Å². The third kappa shape index (κ3) is 6.41. The number of nitrogens with zero attached hydrogens (tertiary/aromatic N) is 1. The summed E-state index contributed by atoms with van der Waals surface area (Å²) in [4.78, 5) is 25.5. The third-order valence-corrected chi connectivity index (χ3v) is 6.97. The van der Waals surface area contributed by atoms with Gasteiger partial charge >= 0.3 is 0 Å². The van der Waals surface area contributed by atoms with E-state index in [-0.39, 0.29) is 22.3 Å². The molecule has 170 valence electrons. The number of carbonyl (C=O) groups is 2. The van der Waals surface area contributed by atoms with E-state index in [1.807, 2.05) is 19.9 Å². The summed E-state index contributed by atoms with van der Waals surface area (Å²) in [6.45, 7) is 8.23. The van der Waals surface area contributed by atoms with E-state index in [2.05, 4.69) is 10.6 Å². The van der Waals surface area contributed by atoms with Gasteiger partial charge in [0.05, 0.1) is 11.2 Å². The molecule has 9 heteroatoms. The van der Waals surface area contributed by atoms with Crippen LogP contribution in [0.5, 0.6) is 0 Å². The van der Waals surface area contributed by atoms with Gasteiger partial charge in [-0.3, -0.25) is 9.59 Å². The van der Waals surface area contributed by atoms with Gasteiger partial charge < -0.3 is 15.1 Å². The summed E-state index contributed by atoms with van der Waals surface area (Å²) in [7, 11) is -3.69. The van der Waals surface area contributed by atoms with Gasteiger partial charge in [-0.1, -0.05) is 33.8 Å². The molecule has 2 rings (SSSR count). The van der Waals surface area contributed by atoms with E-state index in [1.165, 1.54) is 28.6 Å². The van der Waals surface area contributed by atoms with Crippen molar-refractivity contribution in [2.45, 2.75) is 45.1 Å². The van der Waals surface area contributed by atoms with E-state index in [0.29, 0.717) is 26.1 Å². The zero-order valence-corrected chi connectivity index (χ0v) is 19.2. The summed E-state index contributed by atoms with van der Waals surface area (Å²) in [6.07, 6.45) is 2.12. The summed E-state index contributed by atoms with van der Waals surface area (Å²) < 4.78 is 32.1. The number of rotatable bonds is 11. The minimum absolute atomic E-state index is 0.0489. The predicted molar refractivity (Wildman–Crippen MR) is 118 cm³/mol. The van der Waals surface area contributed by atoms with Crippen LogP contribution in [0.2, 0.25) is 0 Å². The maximum Gasteiger partial charge on any atom is 0.251 e. The monoisotopic (exact) mass is 449 g/mol. The molecule has 0 fully saturated rings. The van der Waals surface area contributed by atoms with Gasteiger partial charge in [-0.15, -0.1) is 0 Å². The Kier molecular flexibility index (Phi) is 8.82. The van der Waals surface area contributed by atoms with Crippen molar-refractivity contribution in [2.75, 3.05) is 19.6 Å². The second kappa shape index (κ2) is 11.1. The number of carbonyl (C=O) groups excluding carboxylic acids is 2. The number of sulfonamides is 1. The number of amides is 2. The Hall–Kier alpha value is -2.65. The molecule has 0 aliphatic carbocycles. The van der Waals surface area contributed by atoms with E-state index in [1.54, 1.807) is 26.2 Å². The van der Waals surface area contributed by atoms with Crippen molar-refractivity contribution in [2.24, 2.45) is 5.92 Å². The van der Waals surface area contributed by atoms with Gasteiger partial charge in [0.15, 0.2) is 0 Å². The Balaban J connectivity index is 2.09. The lowest BCUT2D eigenvalue weighted by atomic mass is 10.0. The molecule has 2 aromatic rings. The lowest BCUT2D eigenvalue weighted by Crippen LogP contribution is -2.50. The average Bonchev–Trinajstić information content (AvgIpc) is 3.25. The fraction of sp³-hybridized carbons (Fsp3) is 0.455. The van der Waals surface area contributed by atoms with Gasteiger partial charge in [-0.2, -0.15) is 4.31 Å². The Bertz CT molecular complexity index is 967. The van der Waals surface area contributed by atoms with Gasteiger partial charge in [0, 0.05) is 31.6 Å². The molecule has 0 unspecified atom stereocenters. The van der Waals surface area contributed by atoms with Crippen LogP contribution >= 0.6 is 0 Å². The first kappa shape index (κ1) is 24.6. The molecule has 0 spiro atoms.